The molecule has 30 heavy (non-hydrogen) atoms. The highest BCUT2D eigenvalue weighted by Crippen LogP contribution is 2.27. The summed E-state index contributed by atoms with van der Waals surface area (Å²) >= 11 is 4.75. The average Bonchev–Trinajstić information content (AvgIpc) is 3.42. The number of rotatable bonds is 6. The molecule has 2 N–H and O–H groups in total. The van der Waals surface area contributed by atoms with Gasteiger partial charge in [0.1, 0.15) is 17.4 Å². The molecule has 0 spiro atoms. The number of pyridine rings is 1. The number of ether oxygens (including phenoxy) is 1. The maximum Gasteiger partial charge on any atom is 0.487 e. The number of hydrogen-bond donors (Lipinski definition) is 2. The lowest BCUT2D eigenvalue weighted by atomic mass is 10.1. The van der Waals surface area contributed by atoms with Crippen LogP contribution >= 0.6 is 11.6 Å². The standard InChI is InChI=1S/C20H20ClF2N5O2/c21-20(22,23)30-15-5-3-14(4-6-15)27-19(29)13-11-16(17-24-7-8-25-17)18(26-12-13)28-9-1-2-10-28/h3-6,11-12H,1-2,7-10H2,(H,24,25)(H,27,29). The molecule has 3 heterocycles. The van der Waals surface area contributed by atoms with E-state index in [9.17, 15) is 13.6 Å². The van der Waals surface area contributed by atoms with E-state index in [0.29, 0.717) is 17.8 Å². The monoisotopic (exact) mass is 435 g/mol. The lowest BCUT2D eigenvalue weighted by Gasteiger charge is -2.20. The Bertz CT molecular complexity index is 957. The van der Waals surface area contributed by atoms with Gasteiger partial charge in [0.05, 0.1) is 17.7 Å². The number of benzene rings is 1. The Morgan fingerprint density at radius 2 is 1.97 bits per heavy atom. The van der Waals surface area contributed by atoms with E-state index in [0.717, 1.165) is 49.7 Å². The summed E-state index contributed by atoms with van der Waals surface area (Å²) in [5, 5.41) is 5.97. The first-order chi connectivity index (χ1) is 14.4. The van der Waals surface area contributed by atoms with E-state index in [1.54, 1.807) is 6.07 Å². The van der Waals surface area contributed by atoms with E-state index >= 15 is 0 Å². The summed E-state index contributed by atoms with van der Waals surface area (Å²) in [5.41, 5.74) is -2.19. The molecule has 2 aliphatic rings. The van der Waals surface area contributed by atoms with Crippen molar-refractivity contribution >= 4 is 34.8 Å². The van der Waals surface area contributed by atoms with Crippen molar-refractivity contribution in [1.82, 2.24) is 10.3 Å². The summed E-state index contributed by atoms with van der Waals surface area (Å²) in [7, 11) is 0. The van der Waals surface area contributed by atoms with Gasteiger partial charge in [0, 0.05) is 43.1 Å². The molecule has 2 aromatic rings. The molecule has 0 saturated carbocycles. The number of carbonyl (C=O) groups excluding carboxylic acids is 1. The minimum Gasteiger partial charge on any atom is -0.420 e. The van der Waals surface area contributed by atoms with Crippen molar-refractivity contribution in [2.75, 3.05) is 36.4 Å². The van der Waals surface area contributed by atoms with Gasteiger partial charge in [-0.1, -0.05) is 0 Å². The number of amides is 1. The molecule has 1 aromatic carbocycles. The van der Waals surface area contributed by atoms with E-state index < -0.39 is 5.57 Å². The van der Waals surface area contributed by atoms with Gasteiger partial charge in [-0.3, -0.25) is 9.79 Å². The molecule has 1 fully saturated rings. The second-order valence-electron chi connectivity index (χ2n) is 6.97. The molecule has 0 unspecified atom stereocenters. The van der Waals surface area contributed by atoms with Crippen LogP contribution in [0.3, 0.4) is 0 Å². The van der Waals surface area contributed by atoms with Crippen LogP contribution in [0.5, 0.6) is 5.75 Å². The SMILES string of the molecule is O=C(Nc1ccc(OC(F)(F)Cl)cc1)c1cnc(N2CCCC2)c(C2=NCCN2)c1. The Morgan fingerprint density at radius 3 is 2.60 bits per heavy atom. The predicted molar refractivity (Wildman–Crippen MR) is 111 cm³/mol. The van der Waals surface area contributed by atoms with Crippen LogP contribution in [0, 0.1) is 0 Å². The third-order valence-corrected chi connectivity index (χ3v) is 4.89. The molecule has 0 radical (unpaired) electrons. The van der Waals surface area contributed by atoms with E-state index in [-0.39, 0.29) is 11.7 Å². The smallest absolute Gasteiger partial charge is 0.420 e. The third-order valence-electron chi connectivity index (χ3n) is 4.81. The van der Waals surface area contributed by atoms with Crippen LogP contribution in [0.4, 0.5) is 20.3 Å². The summed E-state index contributed by atoms with van der Waals surface area (Å²) in [5.74, 6) is 1.08. The van der Waals surface area contributed by atoms with Gasteiger partial charge in [0.25, 0.3) is 5.91 Å². The maximum absolute atomic E-state index is 12.7. The summed E-state index contributed by atoms with van der Waals surface area (Å²) in [6.45, 7) is 3.28. The van der Waals surface area contributed by atoms with E-state index in [4.69, 9.17) is 11.6 Å². The average molecular weight is 436 g/mol. The number of hydrogen-bond acceptors (Lipinski definition) is 6. The van der Waals surface area contributed by atoms with Crippen molar-refractivity contribution in [1.29, 1.82) is 0 Å². The predicted octanol–water partition coefficient (Wildman–Crippen LogP) is 3.45. The number of amidine groups is 1. The van der Waals surface area contributed by atoms with Crippen molar-refractivity contribution < 1.29 is 18.3 Å². The number of anilines is 2. The highest BCUT2D eigenvalue weighted by atomic mass is 35.5. The number of carbonyl (C=O) groups is 1. The Morgan fingerprint density at radius 1 is 1.23 bits per heavy atom. The molecule has 0 atom stereocenters. The fourth-order valence-corrected chi connectivity index (χ4v) is 3.55. The van der Waals surface area contributed by atoms with Gasteiger partial charge in [-0.25, -0.2) is 4.98 Å². The van der Waals surface area contributed by atoms with Crippen LogP contribution in [0.25, 0.3) is 0 Å². The second-order valence-corrected chi connectivity index (χ2v) is 7.41. The van der Waals surface area contributed by atoms with Gasteiger partial charge in [-0.15, -0.1) is 8.78 Å². The fourth-order valence-electron chi connectivity index (χ4n) is 3.46. The number of aromatic nitrogens is 1. The molecule has 0 aliphatic carbocycles. The van der Waals surface area contributed by atoms with E-state index in [2.05, 4.69) is 30.2 Å². The van der Waals surface area contributed by atoms with E-state index in [1.165, 1.54) is 30.5 Å². The van der Waals surface area contributed by atoms with Gasteiger partial charge < -0.3 is 20.3 Å². The zero-order valence-electron chi connectivity index (χ0n) is 16.0. The molecule has 10 heteroatoms. The zero-order valence-corrected chi connectivity index (χ0v) is 16.8. The largest absolute Gasteiger partial charge is 0.487 e. The quantitative estimate of drug-likeness (QED) is 0.679. The first-order valence-electron chi connectivity index (χ1n) is 9.60. The highest BCUT2D eigenvalue weighted by molar-refractivity contribution is 6.20. The summed E-state index contributed by atoms with van der Waals surface area (Å²) < 4.78 is 29.7. The molecule has 158 valence electrons. The lowest BCUT2D eigenvalue weighted by molar-refractivity contribution is -0.0964. The Kier molecular flexibility index (Phi) is 5.72. The number of nitrogens with zero attached hydrogens (tertiary/aromatic N) is 3. The van der Waals surface area contributed by atoms with Crippen molar-refractivity contribution in [3.8, 4) is 5.75 Å². The molecule has 1 aromatic heterocycles. The normalized spacial score (nSPS) is 16.2. The van der Waals surface area contributed by atoms with Crippen LogP contribution in [-0.4, -0.2) is 48.5 Å². The van der Waals surface area contributed by atoms with Crippen molar-refractivity contribution in [3.63, 3.8) is 0 Å². The number of aliphatic imine (C=N–C) groups is 1. The summed E-state index contributed by atoms with van der Waals surface area (Å²) in [4.78, 5) is 24.0. The topological polar surface area (TPSA) is 78.8 Å². The number of halogens is 3. The van der Waals surface area contributed by atoms with Gasteiger partial charge >= 0.3 is 5.57 Å². The molecular formula is C20H20ClF2N5O2. The van der Waals surface area contributed by atoms with Crippen LogP contribution in [0.2, 0.25) is 0 Å². The first kappa shape index (κ1) is 20.3. The summed E-state index contributed by atoms with van der Waals surface area (Å²) in [6, 6.07) is 7.27. The molecular weight excluding hydrogens is 416 g/mol. The Labute approximate surface area is 177 Å². The summed E-state index contributed by atoms with van der Waals surface area (Å²) in [6.07, 6.45) is 3.75. The molecule has 2 aliphatic heterocycles. The lowest BCUT2D eigenvalue weighted by Crippen LogP contribution is -2.27. The van der Waals surface area contributed by atoms with Crippen molar-refractivity contribution in [2.24, 2.45) is 4.99 Å². The van der Waals surface area contributed by atoms with Gasteiger partial charge in [-0.05, 0) is 43.2 Å². The number of alkyl halides is 3. The number of nitrogens with one attached hydrogen (secondary N) is 2. The zero-order chi connectivity index (χ0) is 21.1. The molecule has 7 nitrogen and oxygen atoms in total. The first-order valence-corrected chi connectivity index (χ1v) is 9.98. The van der Waals surface area contributed by atoms with Crippen LogP contribution < -0.4 is 20.3 Å². The third kappa shape index (κ3) is 4.79. The van der Waals surface area contributed by atoms with Gasteiger partial charge in [0.15, 0.2) is 0 Å². The Hall–Kier alpha value is -2.94. The molecule has 1 saturated heterocycles. The molecule has 1 amide bonds. The van der Waals surface area contributed by atoms with Crippen LogP contribution in [-0.2, 0) is 0 Å². The minimum absolute atomic E-state index is 0.114. The van der Waals surface area contributed by atoms with Crippen LogP contribution in [0.15, 0.2) is 41.5 Å². The highest BCUT2D eigenvalue weighted by Gasteiger charge is 2.27. The fraction of sp³-hybridized carbons (Fsp3) is 0.350. The molecule has 4 rings (SSSR count). The van der Waals surface area contributed by atoms with Gasteiger partial charge in [-0.2, -0.15) is 0 Å². The Balaban J connectivity index is 1.53. The molecule has 0 bridgehead atoms. The van der Waals surface area contributed by atoms with Gasteiger partial charge in [0.2, 0.25) is 0 Å². The maximum atomic E-state index is 12.7. The van der Waals surface area contributed by atoms with Crippen molar-refractivity contribution in [2.45, 2.75) is 18.4 Å². The minimum atomic E-state index is -3.79. The van der Waals surface area contributed by atoms with Crippen molar-refractivity contribution in [3.05, 3.63) is 47.7 Å². The van der Waals surface area contributed by atoms with Crippen LogP contribution in [0.1, 0.15) is 28.8 Å². The van der Waals surface area contributed by atoms with E-state index in [1.807, 2.05) is 0 Å². The second kappa shape index (κ2) is 8.43.